The minimum absolute atomic E-state index is 0.0192. The van der Waals surface area contributed by atoms with Crippen molar-refractivity contribution < 1.29 is 22.7 Å². The number of carbonyl (C=O) groups is 1. The first-order valence-corrected chi connectivity index (χ1v) is 8.10. The normalized spacial score (nSPS) is 11.2. The molecule has 0 saturated heterocycles. The summed E-state index contributed by atoms with van der Waals surface area (Å²) in [6.45, 7) is 2.46. The summed E-state index contributed by atoms with van der Waals surface area (Å²) in [5, 5.41) is 2.44. The molecule has 2 aromatic rings. The van der Waals surface area contributed by atoms with E-state index in [1.54, 1.807) is 18.2 Å². The Labute approximate surface area is 148 Å². The SMILES string of the molecule is CCCCOc1ccccc1C(=O)Nc1cc(C(F)(F)F)ccc1Cl. The fourth-order valence-electron chi connectivity index (χ4n) is 2.09. The van der Waals surface area contributed by atoms with Crippen LogP contribution in [0.4, 0.5) is 18.9 Å². The summed E-state index contributed by atoms with van der Waals surface area (Å²) >= 11 is 5.91. The smallest absolute Gasteiger partial charge is 0.416 e. The van der Waals surface area contributed by atoms with Gasteiger partial charge in [0.25, 0.3) is 5.91 Å². The van der Waals surface area contributed by atoms with Gasteiger partial charge in [0, 0.05) is 0 Å². The van der Waals surface area contributed by atoms with E-state index in [1.807, 2.05) is 6.92 Å². The minimum atomic E-state index is -4.52. The molecule has 134 valence electrons. The predicted molar refractivity (Wildman–Crippen MR) is 91.3 cm³/mol. The number of carbonyl (C=O) groups excluding carboxylic acids is 1. The lowest BCUT2D eigenvalue weighted by Gasteiger charge is -2.14. The van der Waals surface area contributed by atoms with Crippen molar-refractivity contribution in [1.82, 2.24) is 0 Å². The summed E-state index contributed by atoms with van der Waals surface area (Å²) in [5.74, 6) is -0.218. The second kappa shape index (κ2) is 8.25. The molecule has 0 unspecified atom stereocenters. The van der Waals surface area contributed by atoms with Gasteiger partial charge in [-0.3, -0.25) is 4.79 Å². The zero-order valence-corrected chi connectivity index (χ0v) is 14.2. The number of anilines is 1. The van der Waals surface area contributed by atoms with Crippen LogP contribution >= 0.6 is 11.6 Å². The van der Waals surface area contributed by atoms with E-state index >= 15 is 0 Å². The lowest BCUT2D eigenvalue weighted by atomic mass is 10.1. The van der Waals surface area contributed by atoms with E-state index in [0.717, 1.165) is 31.0 Å². The van der Waals surface area contributed by atoms with Gasteiger partial charge in [-0.05, 0) is 36.8 Å². The van der Waals surface area contributed by atoms with Crippen molar-refractivity contribution in [1.29, 1.82) is 0 Å². The topological polar surface area (TPSA) is 38.3 Å². The molecule has 0 fully saturated rings. The Hall–Kier alpha value is -2.21. The molecule has 0 spiro atoms. The van der Waals surface area contributed by atoms with Crippen LogP contribution in [-0.4, -0.2) is 12.5 Å². The summed E-state index contributed by atoms with van der Waals surface area (Å²) in [6, 6.07) is 9.31. The summed E-state index contributed by atoms with van der Waals surface area (Å²) in [6.07, 6.45) is -2.76. The van der Waals surface area contributed by atoms with Crippen LogP contribution < -0.4 is 10.1 Å². The molecule has 0 radical (unpaired) electrons. The first-order chi connectivity index (χ1) is 11.8. The number of hydrogen-bond donors (Lipinski definition) is 1. The van der Waals surface area contributed by atoms with E-state index in [1.165, 1.54) is 6.07 Å². The molecule has 0 aliphatic heterocycles. The molecular weight excluding hydrogens is 355 g/mol. The number of ether oxygens (including phenoxy) is 1. The van der Waals surface area contributed by atoms with Crippen molar-refractivity contribution in [2.75, 3.05) is 11.9 Å². The largest absolute Gasteiger partial charge is 0.493 e. The van der Waals surface area contributed by atoms with Crippen LogP contribution in [-0.2, 0) is 6.18 Å². The highest BCUT2D eigenvalue weighted by Crippen LogP contribution is 2.34. The van der Waals surface area contributed by atoms with E-state index in [9.17, 15) is 18.0 Å². The molecule has 0 atom stereocenters. The molecule has 0 aromatic heterocycles. The summed E-state index contributed by atoms with van der Waals surface area (Å²) in [7, 11) is 0. The van der Waals surface area contributed by atoms with Crippen LogP contribution in [0.25, 0.3) is 0 Å². The van der Waals surface area contributed by atoms with Crippen molar-refractivity contribution in [3.8, 4) is 5.75 Å². The highest BCUT2D eigenvalue weighted by Gasteiger charge is 2.31. The molecule has 3 nitrogen and oxygen atoms in total. The van der Waals surface area contributed by atoms with Crippen molar-refractivity contribution >= 4 is 23.2 Å². The average Bonchev–Trinajstić information content (AvgIpc) is 2.56. The highest BCUT2D eigenvalue weighted by atomic mass is 35.5. The number of alkyl halides is 3. The summed E-state index contributed by atoms with van der Waals surface area (Å²) < 4.78 is 44.0. The monoisotopic (exact) mass is 371 g/mol. The number of benzene rings is 2. The predicted octanol–water partition coefficient (Wildman–Crippen LogP) is 5.79. The maximum absolute atomic E-state index is 12.8. The minimum Gasteiger partial charge on any atom is -0.493 e. The number of halogens is 4. The van der Waals surface area contributed by atoms with Crippen LogP contribution in [0.15, 0.2) is 42.5 Å². The van der Waals surface area contributed by atoms with Gasteiger partial charge in [0.05, 0.1) is 28.4 Å². The molecule has 25 heavy (non-hydrogen) atoms. The fourth-order valence-corrected chi connectivity index (χ4v) is 2.26. The quantitative estimate of drug-likeness (QED) is 0.652. The van der Waals surface area contributed by atoms with Gasteiger partial charge in [-0.1, -0.05) is 37.1 Å². The highest BCUT2D eigenvalue weighted by molar-refractivity contribution is 6.34. The van der Waals surface area contributed by atoms with Gasteiger partial charge in [-0.25, -0.2) is 0 Å². The maximum Gasteiger partial charge on any atom is 0.416 e. The Morgan fingerprint density at radius 3 is 2.60 bits per heavy atom. The molecule has 1 amide bonds. The van der Waals surface area contributed by atoms with E-state index in [2.05, 4.69) is 5.32 Å². The Morgan fingerprint density at radius 2 is 1.92 bits per heavy atom. The van der Waals surface area contributed by atoms with E-state index < -0.39 is 17.6 Å². The molecule has 1 N–H and O–H groups in total. The molecular formula is C18H17ClF3NO2. The number of rotatable bonds is 6. The lowest BCUT2D eigenvalue weighted by molar-refractivity contribution is -0.137. The third-order valence-electron chi connectivity index (χ3n) is 3.43. The van der Waals surface area contributed by atoms with Gasteiger partial charge in [-0.15, -0.1) is 0 Å². The van der Waals surface area contributed by atoms with Crippen LogP contribution in [0.3, 0.4) is 0 Å². The average molecular weight is 372 g/mol. The van der Waals surface area contributed by atoms with Crippen molar-refractivity contribution in [3.05, 3.63) is 58.6 Å². The number of para-hydroxylation sites is 1. The van der Waals surface area contributed by atoms with Crippen molar-refractivity contribution in [3.63, 3.8) is 0 Å². The standard InChI is InChI=1S/C18H17ClF3NO2/c1-2-3-10-25-16-7-5-4-6-13(16)17(24)23-15-11-12(18(20,21)22)8-9-14(15)19/h4-9,11H,2-3,10H2,1H3,(H,23,24). The molecule has 0 heterocycles. The van der Waals surface area contributed by atoms with Gasteiger partial charge in [0.15, 0.2) is 0 Å². The molecule has 0 saturated carbocycles. The Balaban J connectivity index is 2.23. The summed E-state index contributed by atoms with van der Waals surface area (Å²) in [4.78, 5) is 12.4. The van der Waals surface area contributed by atoms with Crippen LogP contribution in [0.2, 0.25) is 5.02 Å². The molecule has 0 bridgehead atoms. The lowest BCUT2D eigenvalue weighted by Crippen LogP contribution is -2.15. The summed E-state index contributed by atoms with van der Waals surface area (Å²) in [5.41, 5.74) is -0.767. The first kappa shape index (κ1) is 19.1. The first-order valence-electron chi connectivity index (χ1n) is 7.73. The Bertz CT molecular complexity index is 747. The fraction of sp³-hybridized carbons (Fsp3) is 0.278. The van der Waals surface area contributed by atoms with Gasteiger partial charge in [-0.2, -0.15) is 13.2 Å². The van der Waals surface area contributed by atoms with Gasteiger partial charge < -0.3 is 10.1 Å². The zero-order valence-electron chi connectivity index (χ0n) is 13.5. The van der Waals surface area contributed by atoms with Crippen molar-refractivity contribution in [2.45, 2.75) is 25.9 Å². The van der Waals surface area contributed by atoms with Crippen LogP contribution in [0.1, 0.15) is 35.7 Å². The third kappa shape index (κ3) is 5.13. The van der Waals surface area contributed by atoms with Gasteiger partial charge in [0.1, 0.15) is 5.75 Å². The molecule has 2 rings (SSSR count). The van der Waals surface area contributed by atoms with E-state index in [0.29, 0.717) is 12.4 Å². The number of unbranched alkanes of at least 4 members (excludes halogenated alkanes) is 1. The number of amides is 1. The van der Waals surface area contributed by atoms with Crippen molar-refractivity contribution in [2.24, 2.45) is 0 Å². The van der Waals surface area contributed by atoms with E-state index in [-0.39, 0.29) is 16.3 Å². The molecule has 2 aromatic carbocycles. The maximum atomic E-state index is 12.8. The molecule has 0 aliphatic rings. The third-order valence-corrected chi connectivity index (χ3v) is 3.76. The second-order valence-electron chi connectivity index (χ2n) is 5.34. The number of hydrogen-bond acceptors (Lipinski definition) is 2. The van der Waals surface area contributed by atoms with E-state index in [4.69, 9.17) is 16.3 Å². The Morgan fingerprint density at radius 1 is 1.20 bits per heavy atom. The van der Waals surface area contributed by atoms with Crippen LogP contribution in [0.5, 0.6) is 5.75 Å². The molecule has 0 aliphatic carbocycles. The second-order valence-corrected chi connectivity index (χ2v) is 5.75. The van der Waals surface area contributed by atoms with Gasteiger partial charge in [0.2, 0.25) is 0 Å². The van der Waals surface area contributed by atoms with Crippen LogP contribution in [0, 0.1) is 0 Å². The number of nitrogens with one attached hydrogen (secondary N) is 1. The van der Waals surface area contributed by atoms with Gasteiger partial charge >= 0.3 is 6.18 Å². The molecule has 7 heteroatoms. The zero-order chi connectivity index (χ0) is 18.4. The Kier molecular flexibility index (Phi) is 6.31.